The van der Waals surface area contributed by atoms with Gasteiger partial charge in [-0.1, -0.05) is 17.9 Å². The standard InChI is InChI=1S/C17H22N2O2/c1-13-15(6-4-9-18)5-3-7-16(13)17(20)19-10-8-14(11-19)12-21-2/h3,5,7,14H,8-12,18H2,1-2H3. The van der Waals surface area contributed by atoms with Gasteiger partial charge in [0.15, 0.2) is 0 Å². The van der Waals surface area contributed by atoms with E-state index in [4.69, 9.17) is 10.5 Å². The first kappa shape index (κ1) is 15.6. The summed E-state index contributed by atoms with van der Waals surface area (Å²) in [6, 6.07) is 5.67. The van der Waals surface area contributed by atoms with E-state index in [0.717, 1.165) is 36.2 Å². The van der Waals surface area contributed by atoms with Gasteiger partial charge in [-0.2, -0.15) is 0 Å². The van der Waals surface area contributed by atoms with Gasteiger partial charge in [0, 0.05) is 37.2 Å². The van der Waals surface area contributed by atoms with Gasteiger partial charge < -0.3 is 15.4 Å². The first-order valence-electron chi connectivity index (χ1n) is 7.24. The maximum atomic E-state index is 12.7. The van der Waals surface area contributed by atoms with Crippen LogP contribution in [0.4, 0.5) is 0 Å². The maximum absolute atomic E-state index is 12.7. The Labute approximate surface area is 126 Å². The molecule has 1 aliphatic heterocycles. The molecule has 4 heteroatoms. The van der Waals surface area contributed by atoms with Crippen LogP contribution in [0.2, 0.25) is 0 Å². The van der Waals surface area contributed by atoms with Crippen molar-refractivity contribution >= 4 is 5.91 Å². The second-order valence-corrected chi connectivity index (χ2v) is 5.35. The van der Waals surface area contributed by atoms with Crippen LogP contribution in [0, 0.1) is 24.7 Å². The lowest BCUT2D eigenvalue weighted by Crippen LogP contribution is -2.30. The van der Waals surface area contributed by atoms with Gasteiger partial charge in [-0.25, -0.2) is 0 Å². The van der Waals surface area contributed by atoms with Crippen molar-refractivity contribution in [2.75, 3.05) is 33.4 Å². The number of nitrogens with zero attached hydrogens (tertiary/aromatic N) is 1. The topological polar surface area (TPSA) is 55.6 Å². The molecule has 1 aliphatic rings. The van der Waals surface area contributed by atoms with Crippen LogP contribution in [0.25, 0.3) is 0 Å². The van der Waals surface area contributed by atoms with E-state index in [2.05, 4.69) is 11.8 Å². The molecule has 0 aromatic heterocycles. The number of amides is 1. The van der Waals surface area contributed by atoms with Crippen molar-refractivity contribution in [3.8, 4) is 11.8 Å². The molecule has 1 aromatic rings. The second-order valence-electron chi connectivity index (χ2n) is 5.35. The van der Waals surface area contributed by atoms with Crippen molar-refractivity contribution in [3.63, 3.8) is 0 Å². The van der Waals surface area contributed by atoms with E-state index < -0.39 is 0 Å². The first-order chi connectivity index (χ1) is 10.2. The highest BCUT2D eigenvalue weighted by Crippen LogP contribution is 2.21. The van der Waals surface area contributed by atoms with Crippen LogP contribution >= 0.6 is 0 Å². The number of carbonyl (C=O) groups excluding carboxylic acids is 1. The van der Waals surface area contributed by atoms with E-state index in [1.165, 1.54) is 0 Å². The molecule has 0 spiro atoms. The Kier molecular flexibility index (Phi) is 5.38. The van der Waals surface area contributed by atoms with E-state index in [1.807, 2.05) is 30.0 Å². The molecule has 1 aromatic carbocycles. The summed E-state index contributed by atoms with van der Waals surface area (Å²) in [7, 11) is 1.70. The Morgan fingerprint density at radius 2 is 2.33 bits per heavy atom. The molecule has 1 unspecified atom stereocenters. The number of ether oxygens (including phenoxy) is 1. The molecule has 0 saturated carbocycles. The van der Waals surface area contributed by atoms with Crippen LogP contribution in [0.3, 0.4) is 0 Å². The van der Waals surface area contributed by atoms with Gasteiger partial charge in [0.1, 0.15) is 0 Å². The number of likely N-dealkylation sites (tertiary alicyclic amines) is 1. The average molecular weight is 286 g/mol. The summed E-state index contributed by atoms with van der Waals surface area (Å²) >= 11 is 0. The minimum absolute atomic E-state index is 0.0856. The highest BCUT2D eigenvalue weighted by atomic mass is 16.5. The number of hydrogen-bond acceptors (Lipinski definition) is 3. The molecule has 0 aliphatic carbocycles. The van der Waals surface area contributed by atoms with E-state index in [0.29, 0.717) is 19.1 Å². The monoisotopic (exact) mass is 286 g/mol. The van der Waals surface area contributed by atoms with Crippen LogP contribution < -0.4 is 5.73 Å². The summed E-state index contributed by atoms with van der Waals surface area (Å²) in [5, 5.41) is 0. The van der Waals surface area contributed by atoms with Gasteiger partial charge in [0.05, 0.1) is 13.2 Å². The smallest absolute Gasteiger partial charge is 0.254 e. The summed E-state index contributed by atoms with van der Waals surface area (Å²) in [4.78, 5) is 14.6. The Balaban J connectivity index is 2.17. The van der Waals surface area contributed by atoms with Gasteiger partial charge in [-0.3, -0.25) is 4.79 Å². The van der Waals surface area contributed by atoms with Crippen molar-refractivity contribution in [3.05, 3.63) is 34.9 Å². The molecule has 2 N–H and O–H groups in total. The van der Waals surface area contributed by atoms with Gasteiger partial charge in [-0.15, -0.1) is 0 Å². The number of rotatable bonds is 3. The number of benzene rings is 1. The molecular weight excluding hydrogens is 264 g/mol. The molecule has 0 radical (unpaired) electrons. The van der Waals surface area contributed by atoms with E-state index >= 15 is 0 Å². The highest BCUT2D eigenvalue weighted by molar-refractivity contribution is 5.96. The largest absolute Gasteiger partial charge is 0.384 e. The number of nitrogens with two attached hydrogens (primary N) is 1. The normalized spacial score (nSPS) is 17.5. The summed E-state index contributed by atoms with van der Waals surface area (Å²) in [6.45, 7) is 4.54. The third-order valence-corrected chi connectivity index (χ3v) is 3.86. The third-order valence-electron chi connectivity index (χ3n) is 3.86. The fourth-order valence-electron chi connectivity index (χ4n) is 2.71. The van der Waals surface area contributed by atoms with E-state index in [-0.39, 0.29) is 5.91 Å². The SMILES string of the molecule is COCC1CCN(C(=O)c2cccc(C#CCN)c2C)C1. The molecule has 0 bridgehead atoms. The predicted molar refractivity (Wildman–Crippen MR) is 83.0 cm³/mol. The molecule has 112 valence electrons. The predicted octanol–water partition coefficient (Wildman–Crippen LogP) is 1.41. The van der Waals surface area contributed by atoms with E-state index in [1.54, 1.807) is 7.11 Å². The number of methoxy groups -OCH3 is 1. The minimum Gasteiger partial charge on any atom is -0.384 e. The summed E-state index contributed by atoms with van der Waals surface area (Å²) in [5.74, 6) is 6.39. The molecule has 1 atom stereocenters. The van der Waals surface area contributed by atoms with Crippen LogP contribution in [-0.4, -0.2) is 44.2 Å². The van der Waals surface area contributed by atoms with Crippen molar-refractivity contribution in [2.45, 2.75) is 13.3 Å². The van der Waals surface area contributed by atoms with Crippen molar-refractivity contribution < 1.29 is 9.53 Å². The number of carbonyl (C=O) groups is 1. The quantitative estimate of drug-likeness (QED) is 0.855. The molecule has 1 heterocycles. The zero-order valence-corrected chi connectivity index (χ0v) is 12.7. The lowest BCUT2D eigenvalue weighted by molar-refractivity contribution is 0.0774. The Morgan fingerprint density at radius 3 is 3.05 bits per heavy atom. The zero-order chi connectivity index (χ0) is 15.2. The maximum Gasteiger partial charge on any atom is 0.254 e. The molecular formula is C17H22N2O2. The van der Waals surface area contributed by atoms with Gasteiger partial charge >= 0.3 is 0 Å². The third kappa shape index (κ3) is 3.63. The molecule has 1 fully saturated rings. The van der Waals surface area contributed by atoms with Gasteiger partial charge in [0.25, 0.3) is 5.91 Å². The van der Waals surface area contributed by atoms with Crippen molar-refractivity contribution in [2.24, 2.45) is 11.7 Å². The number of hydrogen-bond donors (Lipinski definition) is 1. The highest BCUT2D eigenvalue weighted by Gasteiger charge is 2.27. The molecule has 21 heavy (non-hydrogen) atoms. The van der Waals surface area contributed by atoms with Crippen molar-refractivity contribution in [1.29, 1.82) is 0 Å². The Hall–Kier alpha value is -1.83. The fourth-order valence-corrected chi connectivity index (χ4v) is 2.71. The van der Waals surface area contributed by atoms with Crippen LogP contribution in [0.5, 0.6) is 0 Å². The lowest BCUT2D eigenvalue weighted by Gasteiger charge is -2.18. The van der Waals surface area contributed by atoms with Gasteiger partial charge in [0.2, 0.25) is 0 Å². The van der Waals surface area contributed by atoms with Crippen LogP contribution in [0.15, 0.2) is 18.2 Å². The summed E-state index contributed by atoms with van der Waals surface area (Å²) in [5.41, 5.74) is 7.94. The zero-order valence-electron chi connectivity index (χ0n) is 12.7. The van der Waals surface area contributed by atoms with Gasteiger partial charge in [-0.05, 0) is 31.0 Å². The van der Waals surface area contributed by atoms with E-state index in [9.17, 15) is 4.79 Å². The van der Waals surface area contributed by atoms with Crippen LogP contribution in [-0.2, 0) is 4.74 Å². The molecule has 1 saturated heterocycles. The summed E-state index contributed by atoms with van der Waals surface area (Å²) < 4.78 is 5.18. The lowest BCUT2D eigenvalue weighted by atomic mass is 10.0. The Bertz CT molecular complexity index is 572. The first-order valence-corrected chi connectivity index (χ1v) is 7.24. The molecule has 2 rings (SSSR count). The van der Waals surface area contributed by atoms with Crippen LogP contribution in [0.1, 0.15) is 27.9 Å². The Morgan fingerprint density at radius 1 is 1.52 bits per heavy atom. The summed E-state index contributed by atoms with van der Waals surface area (Å²) in [6.07, 6.45) is 1.01. The average Bonchev–Trinajstić information content (AvgIpc) is 2.94. The minimum atomic E-state index is 0.0856. The molecule has 4 nitrogen and oxygen atoms in total. The van der Waals surface area contributed by atoms with Crippen molar-refractivity contribution in [1.82, 2.24) is 4.90 Å². The molecule has 1 amide bonds. The fraction of sp³-hybridized carbons (Fsp3) is 0.471. The second kappa shape index (κ2) is 7.26.